The van der Waals surface area contributed by atoms with Gasteiger partial charge in [0.05, 0.1) is 0 Å². The van der Waals surface area contributed by atoms with Crippen molar-refractivity contribution in [1.82, 2.24) is 0 Å². The van der Waals surface area contributed by atoms with E-state index in [1.54, 1.807) is 0 Å². The average molecular weight is 241 g/mol. The molecule has 11 N–H and O–H groups in total. The van der Waals surface area contributed by atoms with Gasteiger partial charge in [-0.2, -0.15) is 5.90 Å². The molecule has 2 atom stereocenters. The first-order chi connectivity index (χ1) is 6.62. The summed E-state index contributed by atoms with van der Waals surface area (Å²) in [4.78, 5) is 23.9. The number of rotatable bonds is 5. The maximum Gasteiger partial charge on any atom is 0.341 e. The Morgan fingerprint density at radius 2 is 1.93 bits per heavy atom. The van der Waals surface area contributed by atoms with Gasteiger partial charge in [-0.3, -0.25) is 21.8 Å². The van der Waals surface area contributed by atoms with E-state index in [9.17, 15) is 14.3 Å². The fourth-order valence-corrected chi connectivity index (χ4v) is 1.73. The number of carbonyl (C=O) groups is 1. The van der Waals surface area contributed by atoms with Gasteiger partial charge in [0.25, 0.3) is 0 Å². The van der Waals surface area contributed by atoms with E-state index in [1.807, 2.05) is 0 Å². The lowest BCUT2D eigenvalue weighted by molar-refractivity contribution is -0.145. The van der Waals surface area contributed by atoms with Crippen molar-refractivity contribution in [3.63, 3.8) is 0 Å². The molecule has 0 saturated heterocycles. The van der Waals surface area contributed by atoms with Crippen molar-refractivity contribution in [2.45, 2.75) is 18.0 Å². The van der Waals surface area contributed by atoms with Crippen LogP contribution in [0.2, 0.25) is 0 Å². The Kier molecular flexibility index (Phi) is 4.81. The van der Waals surface area contributed by atoms with Crippen LogP contribution in [0.5, 0.6) is 0 Å². The van der Waals surface area contributed by atoms with Gasteiger partial charge >= 0.3 is 5.97 Å². The smallest absolute Gasteiger partial charge is 0.341 e. The lowest BCUT2D eigenvalue weighted by Crippen LogP contribution is -2.58. The van der Waals surface area contributed by atoms with Crippen molar-refractivity contribution in [2.24, 2.45) is 28.8 Å². The number of hydrogen-bond acceptors (Lipinski definition) is 8. The molecule has 15 heavy (non-hydrogen) atoms. The van der Waals surface area contributed by atoms with E-state index < -0.39 is 31.1 Å². The van der Waals surface area contributed by atoms with Crippen LogP contribution in [-0.4, -0.2) is 28.6 Å². The van der Waals surface area contributed by atoms with Gasteiger partial charge in [0.2, 0.25) is 7.37 Å². The van der Waals surface area contributed by atoms with E-state index >= 15 is 0 Å². The predicted molar refractivity (Wildman–Crippen MR) is 52.9 cm³/mol. The molecule has 0 aliphatic heterocycles. The topological polar surface area (TPSA) is 194 Å². The third-order valence-corrected chi connectivity index (χ3v) is 3.84. The lowest BCUT2D eigenvalue weighted by Gasteiger charge is -2.25. The van der Waals surface area contributed by atoms with Crippen molar-refractivity contribution >= 4 is 13.3 Å². The molecule has 0 fully saturated rings. The van der Waals surface area contributed by atoms with Gasteiger partial charge in [-0.05, 0) is 6.42 Å². The lowest BCUT2D eigenvalue weighted by atomic mass is 10.2. The average Bonchev–Trinajstić information content (AvgIpc) is 2.11. The summed E-state index contributed by atoms with van der Waals surface area (Å²) in [5, 5.41) is 0. The summed E-state index contributed by atoms with van der Waals surface area (Å²) in [5.41, 5.74) is 18.3. The van der Waals surface area contributed by atoms with Crippen molar-refractivity contribution in [3.8, 4) is 0 Å². The first kappa shape index (κ1) is 14.5. The SMILES string of the molecule is NOC(=O)C(N)CCP(=O)(O)C(N)(N)N. The van der Waals surface area contributed by atoms with E-state index in [0.717, 1.165) is 0 Å². The maximum atomic E-state index is 11.4. The largest absolute Gasteiger partial charge is 0.372 e. The van der Waals surface area contributed by atoms with Crippen LogP contribution in [0.25, 0.3) is 0 Å². The Morgan fingerprint density at radius 1 is 1.47 bits per heavy atom. The molecule has 0 bridgehead atoms. The molecule has 0 aliphatic rings. The zero-order valence-electron chi connectivity index (χ0n) is 8.00. The van der Waals surface area contributed by atoms with Gasteiger partial charge in [0.15, 0.2) is 5.53 Å². The van der Waals surface area contributed by atoms with Gasteiger partial charge in [0, 0.05) is 6.16 Å². The highest BCUT2D eigenvalue weighted by Crippen LogP contribution is 2.46. The second-order valence-corrected chi connectivity index (χ2v) is 5.77. The van der Waals surface area contributed by atoms with E-state index in [4.69, 9.17) is 22.9 Å². The van der Waals surface area contributed by atoms with Crippen LogP contribution in [0, 0.1) is 0 Å². The number of hydrogen-bond donors (Lipinski definition) is 6. The molecular formula is C5H16N5O4P. The summed E-state index contributed by atoms with van der Waals surface area (Å²) in [6.45, 7) is 0. The molecule has 0 aromatic rings. The molecule has 0 amide bonds. The minimum atomic E-state index is -3.98. The highest BCUT2D eigenvalue weighted by molar-refractivity contribution is 7.59. The highest BCUT2D eigenvalue weighted by Gasteiger charge is 2.37. The van der Waals surface area contributed by atoms with Crippen LogP contribution in [-0.2, 0) is 14.2 Å². The van der Waals surface area contributed by atoms with Crippen LogP contribution >= 0.6 is 7.37 Å². The van der Waals surface area contributed by atoms with Crippen LogP contribution in [0.4, 0.5) is 0 Å². The van der Waals surface area contributed by atoms with E-state index in [1.165, 1.54) is 0 Å². The quantitative estimate of drug-likeness (QED) is 0.164. The van der Waals surface area contributed by atoms with Crippen molar-refractivity contribution < 1.29 is 19.1 Å². The van der Waals surface area contributed by atoms with Crippen molar-refractivity contribution in [1.29, 1.82) is 0 Å². The summed E-state index contributed by atoms with van der Waals surface area (Å²) < 4.78 is 11.4. The first-order valence-electron chi connectivity index (χ1n) is 3.96. The molecule has 9 nitrogen and oxygen atoms in total. The minimum Gasteiger partial charge on any atom is -0.372 e. The molecule has 90 valence electrons. The molecule has 2 unspecified atom stereocenters. The number of nitrogens with two attached hydrogens (primary N) is 5. The van der Waals surface area contributed by atoms with E-state index in [-0.39, 0.29) is 6.42 Å². The van der Waals surface area contributed by atoms with Gasteiger partial charge < -0.3 is 15.5 Å². The Balaban J connectivity index is 4.29. The molecule has 0 aromatic carbocycles. The summed E-state index contributed by atoms with van der Waals surface area (Å²) in [5.74, 6) is 3.67. The van der Waals surface area contributed by atoms with Crippen molar-refractivity contribution in [3.05, 3.63) is 0 Å². The summed E-state index contributed by atoms with van der Waals surface area (Å²) in [6.07, 6.45) is -0.552. The molecule has 0 spiro atoms. The van der Waals surface area contributed by atoms with Gasteiger partial charge in [-0.1, -0.05) is 0 Å². The Morgan fingerprint density at radius 3 is 2.27 bits per heavy atom. The normalized spacial score (nSPS) is 18.0. The van der Waals surface area contributed by atoms with Gasteiger partial charge in [-0.15, -0.1) is 0 Å². The standard InChI is InChI=1S/C5H16N5O4P/c6-3(4(11)14-10)1-2-15(12,13)5(7,8)9/h3H,1-2,6-10H2,(H,12,13). The Bertz CT molecular complexity index is 277. The maximum absolute atomic E-state index is 11.4. The zero-order valence-corrected chi connectivity index (χ0v) is 8.89. The molecule has 0 saturated carbocycles. The summed E-state index contributed by atoms with van der Waals surface area (Å²) in [6, 6.07) is -1.11. The Labute approximate surface area is 86.3 Å². The zero-order chi connectivity index (χ0) is 12.3. The first-order valence-corrected chi connectivity index (χ1v) is 5.81. The molecule has 0 heterocycles. The second kappa shape index (κ2) is 4.99. The predicted octanol–water partition coefficient (Wildman–Crippen LogP) is -3.12. The molecule has 0 aromatic heterocycles. The fraction of sp³-hybridized carbons (Fsp3) is 0.800. The second-order valence-electron chi connectivity index (χ2n) is 3.14. The molecule has 0 rings (SSSR count). The third kappa shape index (κ3) is 4.22. The third-order valence-electron chi connectivity index (χ3n) is 1.77. The molecule has 0 aliphatic carbocycles. The Hall–Kier alpha value is -0.540. The number of carbonyl (C=O) groups excluding carboxylic acids is 1. The fourth-order valence-electron chi connectivity index (χ4n) is 0.713. The van der Waals surface area contributed by atoms with Crippen LogP contribution in [0.15, 0.2) is 0 Å². The van der Waals surface area contributed by atoms with E-state index in [0.29, 0.717) is 0 Å². The molecule has 10 heteroatoms. The minimum absolute atomic E-state index is 0.156. The van der Waals surface area contributed by atoms with E-state index in [2.05, 4.69) is 10.7 Å². The summed E-state index contributed by atoms with van der Waals surface area (Å²) >= 11 is 0. The van der Waals surface area contributed by atoms with Crippen LogP contribution < -0.4 is 28.8 Å². The molecular weight excluding hydrogens is 225 g/mol. The summed E-state index contributed by atoms with van der Waals surface area (Å²) in [7, 11) is -3.98. The van der Waals surface area contributed by atoms with Gasteiger partial charge in [0.1, 0.15) is 6.04 Å². The van der Waals surface area contributed by atoms with Crippen LogP contribution in [0.1, 0.15) is 6.42 Å². The van der Waals surface area contributed by atoms with Gasteiger partial charge in [-0.25, -0.2) is 4.79 Å². The van der Waals surface area contributed by atoms with Crippen molar-refractivity contribution in [2.75, 3.05) is 6.16 Å². The highest BCUT2D eigenvalue weighted by atomic mass is 31.2. The van der Waals surface area contributed by atoms with Crippen LogP contribution in [0.3, 0.4) is 0 Å². The molecule has 0 radical (unpaired) electrons. The monoisotopic (exact) mass is 241 g/mol.